The number of amides is 2. The molecule has 33 heavy (non-hydrogen) atoms. The van der Waals surface area contributed by atoms with Crippen molar-refractivity contribution in [3.8, 4) is 11.5 Å². The second-order valence-electron chi connectivity index (χ2n) is 9.91. The highest BCUT2D eigenvalue weighted by atomic mass is 16.5. The first-order valence-corrected chi connectivity index (χ1v) is 11.4. The van der Waals surface area contributed by atoms with E-state index in [2.05, 4.69) is 43.5 Å². The summed E-state index contributed by atoms with van der Waals surface area (Å²) in [5, 5.41) is 5.64. The van der Waals surface area contributed by atoms with Crippen LogP contribution in [0, 0.1) is 5.92 Å². The molecule has 0 saturated heterocycles. The Morgan fingerprint density at radius 2 is 1.45 bits per heavy atom. The van der Waals surface area contributed by atoms with Crippen molar-refractivity contribution in [2.45, 2.75) is 66.0 Å². The third-order valence-corrected chi connectivity index (χ3v) is 5.41. The molecule has 2 aromatic rings. The number of ether oxygens (including phenoxy) is 2. The van der Waals surface area contributed by atoms with Gasteiger partial charge >= 0.3 is 12.0 Å². The third-order valence-electron chi connectivity index (χ3n) is 5.41. The van der Waals surface area contributed by atoms with Crippen molar-refractivity contribution in [2.75, 3.05) is 0 Å². The van der Waals surface area contributed by atoms with E-state index in [0.717, 1.165) is 11.3 Å². The molecule has 2 aromatic carbocycles. The maximum absolute atomic E-state index is 12.9. The van der Waals surface area contributed by atoms with Crippen LogP contribution in [0.25, 0.3) is 0 Å². The summed E-state index contributed by atoms with van der Waals surface area (Å²) in [4.78, 5) is 25.2. The highest BCUT2D eigenvalue weighted by molar-refractivity contribution is 5.95. The van der Waals surface area contributed by atoms with E-state index >= 15 is 0 Å². The zero-order chi connectivity index (χ0) is 24.3. The Kier molecular flexibility index (Phi) is 7.15. The summed E-state index contributed by atoms with van der Waals surface area (Å²) in [5.74, 6) is 0.924. The van der Waals surface area contributed by atoms with Crippen molar-refractivity contribution in [2.24, 2.45) is 5.92 Å². The highest BCUT2D eigenvalue weighted by Crippen LogP contribution is 2.33. The zero-order valence-electron chi connectivity index (χ0n) is 20.5. The van der Waals surface area contributed by atoms with E-state index in [1.54, 1.807) is 13.8 Å². The maximum atomic E-state index is 12.9. The topological polar surface area (TPSA) is 76.7 Å². The summed E-state index contributed by atoms with van der Waals surface area (Å²) in [6.07, 6.45) is -0.267. The molecule has 1 aliphatic rings. The lowest BCUT2D eigenvalue weighted by molar-refractivity contribution is -0.143. The second-order valence-corrected chi connectivity index (χ2v) is 9.91. The number of hydrogen-bond donors (Lipinski definition) is 2. The molecule has 0 spiro atoms. The van der Waals surface area contributed by atoms with Gasteiger partial charge in [-0.3, -0.25) is 0 Å². The second kappa shape index (κ2) is 9.69. The fourth-order valence-corrected chi connectivity index (χ4v) is 3.68. The van der Waals surface area contributed by atoms with Gasteiger partial charge in [-0.1, -0.05) is 58.9 Å². The molecule has 3 rings (SSSR count). The van der Waals surface area contributed by atoms with E-state index < -0.39 is 12.0 Å². The first kappa shape index (κ1) is 24.4. The van der Waals surface area contributed by atoms with Crippen molar-refractivity contribution in [3.63, 3.8) is 0 Å². The average molecular weight is 451 g/mol. The quantitative estimate of drug-likeness (QED) is 0.530. The minimum Gasteiger partial charge on any atom is -0.459 e. The van der Waals surface area contributed by atoms with Gasteiger partial charge in [0.25, 0.3) is 0 Å². The van der Waals surface area contributed by atoms with Gasteiger partial charge in [-0.15, -0.1) is 0 Å². The lowest BCUT2D eigenvalue weighted by Crippen LogP contribution is -2.47. The predicted molar refractivity (Wildman–Crippen MR) is 129 cm³/mol. The molecule has 0 fully saturated rings. The fourth-order valence-electron chi connectivity index (χ4n) is 3.68. The summed E-state index contributed by atoms with van der Waals surface area (Å²) in [6, 6.07) is 14.5. The molecule has 0 saturated carbocycles. The van der Waals surface area contributed by atoms with Gasteiger partial charge in [0.15, 0.2) is 0 Å². The van der Waals surface area contributed by atoms with Crippen LogP contribution in [-0.4, -0.2) is 18.1 Å². The molecule has 2 N–H and O–H groups in total. The van der Waals surface area contributed by atoms with Gasteiger partial charge < -0.3 is 20.1 Å². The van der Waals surface area contributed by atoms with Crippen molar-refractivity contribution < 1.29 is 19.1 Å². The van der Waals surface area contributed by atoms with Crippen LogP contribution in [0.5, 0.6) is 11.5 Å². The van der Waals surface area contributed by atoms with E-state index in [1.165, 1.54) is 5.56 Å². The summed E-state index contributed by atoms with van der Waals surface area (Å²) in [5.41, 5.74) is 3.09. The van der Waals surface area contributed by atoms with E-state index in [1.807, 2.05) is 50.2 Å². The number of rotatable bonds is 6. The summed E-state index contributed by atoms with van der Waals surface area (Å²) in [7, 11) is 0. The van der Waals surface area contributed by atoms with Gasteiger partial charge in [-0.2, -0.15) is 0 Å². The number of urea groups is 1. The van der Waals surface area contributed by atoms with Crippen LogP contribution in [0.15, 0.2) is 59.8 Å². The Bertz CT molecular complexity index is 1030. The van der Waals surface area contributed by atoms with Crippen LogP contribution in [-0.2, 0) is 14.9 Å². The molecular weight excluding hydrogens is 416 g/mol. The van der Waals surface area contributed by atoms with Gasteiger partial charge in [0.1, 0.15) is 11.5 Å². The summed E-state index contributed by atoms with van der Waals surface area (Å²) >= 11 is 0. The van der Waals surface area contributed by atoms with E-state index in [-0.39, 0.29) is 23.5 Å². The lowest BCUT2D eigenvalue weighted by atomic mass is 9.87. The number of esters is 1. The monoisotopic (exact) mass is 450 g/mol. The van der Waals surface area contributed by atoms with Crippen LogP contribution in [0.1, 0.15) is 65.6 Å². The molecule has 0 radical (unpaired) electrons. The smallest absolute Gasteiger partial charge is 0.338 e. The molecule has 0 aliphatic carbocycles. The van der Waals surface area contributed by atoms with E-state index in [0.29, 0.717) is 17.0 Å². The molecule has 1 atom stereocenters. The largest absolute Gasteiger partial charge is 0.459 e. The standard InChI is InChI=1S/C27H34N2O4/c1-16(2)23-22(25(30)32-17(3)4)24(29-26(31)28-23)18-8-12-20(13-9-18)33-21-14-10-19(11-15-21)27(5,6)7/h8-17,24H,1-7H3,(H2,28,29,31). The molecule has 6 heteroatoms. The van der Waals surface area contributed by atoms with Crippen molar-refractivity contribution in [1.29, 1.82) is 0 Å². The number of hydrogen-bond acceptors (Lipinski definition) is 4. The Morgan fingerprint density at radius 1 is 0.909 bits per heavy atom. The minimum atomic E-state index is -0.609. The average Bonchev–Trinajstić information content (AvgIpc) is 2.72. The van der Waals surface area contributed by atoms with Crippen molar-refractivity contribution in [1.82, 2.24) is 10.6 Å². The minimum absolute atomic E-state index is 0.0491. The Balaban J connectivity index is 1.86. The predicted octanol–water partition coefficient (Wildman–Crippen LogP) is 5.99. The molecule has 2 amide bonds. The summed E-state index contributed by atoms with van der Waals surface area (Å²) in [6.45, 7) is 14.0. The number of carbonyl (C=O) groups is 2. The van der Waals surface area contributed by atoms with Crippen LogP contribution >= 0.6 is 0 Å². The zero-order valence-corrected chi connectivity index (χ0v) is 20.5. The number of allylic oxidation sites excluding steroid dienone is 1. The van der Waals surface area contributed by atoms with Gasteiger partial charge in [0, 0.05) is 5.70 Å². The first-order valence-electron chi connectivity index (χ1n) is 11.4. The van der Waals surface area contributed by atoms with E-state index in [4.69, 9.17) is 9.47 Å². The van der Waals surface area contributed by atoms with Gasteiger partial charge in [-0.05, 0) is 60.6 Å². The number of carbonyl (C=O) groups excluding carboxylic acids is 2. The first-order chi connectivity index (χ1) is 15.5. The van der Waals surface area contributed by atoms with Crippen molar-refractivity contribution >= 4 is 12.0 Å². The molecule has 176 valence electrons. The van der Waals surface area contributed by atoms with Crippen LogP contribution < -0.4 is 15.4 Å². The molecule has 0 bridgehead atoms. The van der Waals surface area contributed by atoms with Crippen LogP contribution in [0.2, 0.25) is 0 Å². The van der Waals surface area contributed by atoms with Gasteiger partial charge in [-0.25, -0.2) is 9.59 Å². The Labute approximate surface area is 196 Å². The van der Waals surface area contributed by atoms with Crippen LogP contribution in [0.4, 0.5) is 4.79 Å². The van der Waals surface area contributed by atoms with Gasteiger partial charge in [0.2, 0.25) is 0 Å². The number of benzene rings is 2. The Morgan fingerprint density at radius 3 is 1.94 bits per heavy atom. The normalized spacial score (nSPS) is 16.5. The third kappa shape index (κ3) is 5.95. The van der Waals surface area contributed by atoms with Crippen molar-refractivity contribution in [3.05, 3.63) is 70.9 Å². The maximum Gasteiger partial charge on any atom is 0.338 e. The number of nitrogens with one attached hydrogen (secondary N) is 2. The molecule has 6 nitrogen and oxygen atoms in total. The SMILES string of the molecule is CC(C)OC(=O)C1=C(C(C)C)NC(=O)NC1c1ccc(Oc2ccc(C(C)(C)C)cc2)cc1. The van der Waals surface area contributed by atoms with Gasteiger partial charge in [0.05, 0.1) is 17.7 Å². The van der Waals surface area contributed by atoms with E-state index in [9.17, 15) is 9.59 Å². The molecular formula is C27H34N2O4. The molecule has 0 aromatic heterocycles. The summed E-state index contributed by atoms with van der Waals surface area (Å²) < 4.78 is 11.5. The molecule has 1 unspecified atom stereocenters. The van der Waals surface area contributed by atoms with Crippen LogP contribution in [0.3, 0.4) is 0 Å². The molecule has 1 heterocycles. The Hall–Kier alpha value is -3.28. The lowest BCUT2D eigenvalue weighted by Gasteiger charge is -2.31. The fraction of sp³-hybridized carbons (Fsp3) is 0.407. The molecule has 1 aliphatic heterocycles. The highest BCUT2D eigenvalue weighted by Gasteiger charge is 2.35.